The van der Waals surface area contributed by atoms with Gasteiger partial charge in [-0.15, -0.1) is 11.3 Å². The molecule has 4 rings (SSSR count). The Labute approximate surface area is 190 Å². The smallest absolute Gasteiger partial charge is 0.356 e. The van der Waals surface area contributed by atoms with E-state index in [2.05, 4.69) is 5.32 Å². The first-order valence-electron chi connectivity index (χ1n) is 10.3. The number of thiophene rings is 1. The first kappa shape index (κ1) is 21.6. The van der Waals surface area contributed by atoms with Crippen molar-refractivity contribution in [2.45, 2.75) is 12.5 Å². The van der Waals surface area contributed by atoms with E-state index in [4.69, 9.17) is 9.47 Å². The van der Waals surface area contributed by atoms with Crippen molar-refractivity contribution >= 4 is 33.4 Å². The van der Waals surface area contributed by atoms with Crippen LogP contribution < -0.4 is 10.1 Å². The number of rotatable bonds is 8. The van der Waals surface area contributed by atoms with Gasteiger partial charge in [-0.25, -0.2) is 4.79 Å². The fourth-order valence-electron chi connectivity index (χ4n) is 3.53. The summed E-state index contributed by atoms with van der Waals surface area (Å²) in [6.07, 6.45) is -0.388. The Morgan fingerprint density at radius 2 is 1.81 bits per heavy atom. The van der Waals surface area contributed by atoms with E-state index in [1.54, 1.807) is 53.3 Å². The van der Waals surface area contributed by atoms with Crippen LogP contribution in [0, 0.1) is 0 Å². The number of aryl methyl sites for hydroxylation is 1. The molecule has 1 atom stereocenters. The molecule has 1 N–H and O–H groups in total. The van der Waals surface area contributed by atoms with Crippen LogP contribution in [0.1, 0.15) is 27.7 Å². The van der Waals surface area contributed by atoms with Crippen LogP contribution in [0.25, 0.3) is 10.2 Å². The molecule has 2 aromatic heterocycles. The summed E-state index contributed by atoms with van der Waals surface area (Å²) in [7, 11) is 3.39. The van der Waals surface area contributed by atoms with Crippen LogP contribution >= 0.6 is 11.3 Å². The summed E-state index contributed by atoms with van der Waals surface area (Å²) in [5.74, 6) is -0.253. The van der Waals surface area contributed by atoms with E-state index in [0.29, 0.717) is 30.0 Å². The van der Waals surface area contributed by atoms with Crippen LogP contribution in [0.4, 0.5) is 0 Å². The van der Waals surface area contributed by atoms with Crippen LogP contribution in [-0.2, 0) is 23.0 Å². The maximum absolute atomic E-state index is 13.0. The molecule has 0 bridgehead atoms. The quantitative estimate of drug-likeness (QED) is 0.403. The third-order valence-electron chi connectivity index (χ3n) is 5.31. The molecule has 0 radical (unpaired) electrons. The van der Waals surface area contributed by atoms with Gasteiger partial charge in [-0.1, -0.05) is 42.5 Å². The van der Waals surface area contributed by atoms with Crippen LogP contribution in [0.3, 0.4) is 0 Å². The Balaban J connectivity index is 1.52. The summed E-state index contributed by atoms with van der Waals surface area (Å²) >= 11 is 1.55. The lowest BCUT2D eigenvalue weighted by Crippen LogP contribution is -2.33. The SMILES string of the molecule is COc1ccc([C@@H](OC(=O)c2cc3sccc3n2C)C(=O)NCCc2ccccc2)cc1. The van der Waals surface area contributed by atoms with Gasteiger partial charge in [0.25, 0.3) is 5.91 Å². The summed E-state index contributed by atoms with van der Waals surface area (Å²) < 4.78 is 13.7. The molecule has 2 heterocycles. The molecule has 2 aromatic carbocycles. The van der Waals surface area contributed by atoms with E-state index in [-0.39, 0.29) is 5.91 Å². The molecule has 6 nitrogen and oxygen atoms in total. The first-order chi connectivity index (χ1) is 15.6. The fraction of sp³-hybridized carbons (Fsp3) is 0.200. The lowest BCUT2D eigenvalue weighted by Gasteiger charge is -2.18. The molecule has 0 spiro atoms. The van der Waals surface area contributed by atoms with Gasteiger partial charge in [0, 0.05) is 19.2 Å². The molecule has 0 saturated heterocycles. The number of aromatic nitrogens is 1. The third-order valence-corrected chi connectivity index (χ3v) is 6.16. The molecule has 0 saturated carbocycles. The molecule has 1 amide bonds. The van der Waals surface area contributed by atoms with E-state index in [1.165, 1.54) is 0 Å². The topological polar surface area (TPSA) is 69.6 Å². The second kappa shape index (κ2) is 9.70. The van der Waals surface area contributed by atoms with Gasteiger partial charge < -0.3 is 19.4 Å². The number of carbonyl (C=O) groups excluding carboxylic acids is 2. The zero-order valence-electron chi connectivity index (χ0n) is 17.9. The van der Waals surface area contributed by atoms with E-state index in [0.717, 1.165) is 15.8 Å². The highest BCUT2D eigenvalue weighted by molar-refractivity contribution is 7.17. The average molecular weight is 449 g/mol. The number of amides is 1. The van der Waals surface area contributed by atoms with Gasteiger partial charge >= 0.3 is 5.97 Å². The van der Waals surface area contributed by atoms with Crippen molar-refractivity contribution in [3.8, 4) is 5.75 Å². The molecule has 0 aliphatic carbocycles. The second-order valence-corrected chi connectivity index (χ2v) is 8.29. The maximum Gasteiger partial charge on any atom is 0.356 e. The van der Waals surface area contributed by atoms with Gasteiger partial charge in [0.05, 0.1) is 17.3 Å². The Kier molecular flexibility index (Phi) is 6.56. The molecular formula is C25H24N2O4S. The average Bonchev–Trinajstić information content (AvgIpc) is 3.41. The minimum Gasteiger partial charge on any atom is -0.497 e. The minimum atomic E-state index is -1.07. The van der Waals surface area contributed by atoms with Gasteiger partial charge in [0.15, 0.2) is 0 Å². The normalized spacial score (nSPS) is 11.8. The maximum atomic E-state index is 13.0. The number of fused-ring (bicyclic) bond motifs is 1. The van der Waals surface area contributed by atoms with Crippen molar-refractivity contribution in [3.63, 3.8) is 0 Å². The molecule has 164 valence electrons. The lowest BCUT2D eigenvalue weighted by molar-refractivity contribution is -0.130. The van der Waals surface area contributed by atoms with Crippen LogP contribution in [0.2, 0.25) is 0 Å². The second-order valence-electron chi connectivity index (χ2n) is 7.34. The van der Waals surface area contributed by atoms with Gasteiger partial charge in [0.2, 0.25) is 6.10 Å². The van der Waals surface area contributed by atoms with Gasteiger partial charge in [0.1, 0.15) is 11.4 Å². The van der Waals surface area contributed by atoms with E-state index >= 15 is 0 Å². The zero-order valence-corrected chi connectivity index (χ0v) is 18.7. The molecule has 0 aliphatic rings. The minimum absolute atomic E-state index is 0.365. The number of nitrogens with zero attached hydrogens (tertiary/aromatic N) is 1. The zero-order chi connectivity index (χ0) is 22.5. The Morgan fingerprint density at radius 1 is 1.06 bits per heavy atom. The summed E-state index contributed by atoms with van der Waals surface area (Å²) in [6.45, 7) is 0.437. The summed E-state index contributed by atoms with van der Waals surface area (Å²) in [4.78, 5) is 26.0. The van der Waals surface area contributed by atoms with Gasteiger partial charge in [-0.2, -0.15) is 0 Å². The molecule has 0 aliphatic heterocycles. The van der Waals surface area contributed by atoms with Crippen LogP contribution in [0.15, 0.2) is 72.1 Å². The lowest BCUT2D eigenvalue weighted by atomic mass is 10.1. The van der Waals surface area contributed by atoms with Crippen molar-refractivity contribution in [1.82, 2.24) is 9.88 Å². The van der Waals surface area contributed by atoms with Crippen LogP contribution in [-0.4, -0.2) is 30.1 Å². The van der Waals surface area contributed by atoms with E-state index < -0.39 is 12.1 Å². The fourth-order valence-corrected chi connectivity index (χ4v) is 4.38. The monoisotopic (exact) mass is 448 g/mol. The Morgan fingerprint density at radius 3 is 2.50 bits per heavy atom. The van der Waals surface area contributed by atoms with Gasteiger partial charge in [-0.3, -0.25) is 4.79 Å². The van der Waals surface area contributed by atoms with E-state index in [9.17, 15) is 9.59 Å². The Hall–Kier alpha value is -3.58. The molecule has 32 heavy (non-hydrogen) atoms. The molecule has 7 heteroatoms. The van der Waals surface area contributed by atoms with Crippen molar-refractivity contribution < 1.29 is 19.1 Å². The summed E-state index contributed by atoms with van der Waals surface area (Å²) in [5.41, 5.74) is 3.06. The predicted octanol–water partition coefficient (Wildman–Crippen LogP) is 4.51. The number of esters is 1. The highest BCUT2D eigenvalue weighted by atomic mass is 32.1. The van der Waals surface area contributed by atoms with Crippen LogP contribution in [0.5, 0.6) is 5.75 Å². The van der Waals surface area contributed by atoms with E-state index in [1.807, 2.05) is 48.8 Å². The van der Waals surface area contributed by atoms with Gasteiger partial charge in [-0.05, 0) is 41.6 Å². The highest BCUT2D eigenvalue weighted by Crippen LogP contribution is 2.27. The summed E-state index contributed by atoms with van der Waals surface area (Å²) in [6, 6.07) is 20.6. The number of hydrogen-bond acceptors (Lipinski definition) is 5. The molecule has 0 unspecified atom stereocenters. The number of ether oxygens (including phenoxy) is 2. The third kappa shape index (κ3) is 4.68. The van der Waals surface area contributed by atoms with Crippen molar-refractivity contribution in [1.29, 1.82) is 0 Å². The molecule has 4 aromatic rings. The van der Waals surface area contributed by atoms with Crippen molar-refractivity contribution in [2.24, 2.45) is 7.05 Å². The largest absolute Gasteiger partial charge is 0.497 e. The number of nitrogens with one attached hydrogen (secondary N) is 1. The number of hydrogen-bond donors (Lipinski definition) is 1. The number of carbonyl (C=O) groups is 2. The van der Waals surface area contributed by atoms with Crippen molar-refractivity contribution in [2.75, 3.05) is 13.7 Å². The first-order valence-corrected chi connectivity index (χ1v) is 11.1. The standard InChI is InChI=1S/C25H24N2O4S/c1-27-20-13-15-32-22(20)16-21(27)25(29)31-23(18-8-10-19(30-2)11-9-18)24(28)26-14-12-17-6-4-3-5-7-17/h3-11,13,15-16,23H,12,14H2,1-2H3,(H,26,28)/t23-/m1/s1. The highest BCUT2D eigenvalue weighted by Gasteiger charge is 2.27. The Bertz CT molecular complexity index is 1210. The number of methoxy groups -OCH3 is 1. The number of benzene rings is 2. The molecular weight excluding hydrogens is 424 g/mol. The molecule has 0 fully saturated rings. The summed E-state index contributed by atoms with van der Waals surface area (Å²) in [5, 5.41) is 4.87. The predicted molar refractivity (Wildman–Crippen MR) is 125 cm³/mol. The van der Waals surface area contributed by atoms with Crippen molar-refractivity contribution in [3.05, 3.63) is 88.9 Å².